The van der Waals surface area contributed by atoms with E-state index in [-0.39, 0.29) is 16.9 Å². The molecule has 0 unspecified atom stereocenters. The first-order chi connectivity index (χ1) is 9.72. The Morgan fingerprint density at radius 3 is 1.67 bits per heavy atom. The molecule has 0 aliphatic carbocycles. The Morgan fingerprint density at radius 2 is 1.24 bits per heavy atom. The molecule has 5 N–H and O–H groups in total. The lowest BCUT2D eigenvalue weighted by Gasteiger charge is -2.11. The third kappa shape index (κ3) is 4.02. The maximum atomic E-state index is 11.1. The molecule has 1 aromatic carbocycles. The van der Waals surface area contributed by atoms with Gasteiger partial charge in [0.15, 0.2) is 0 Å². The molecule has 0 spiro atoms. The highest BCUT2D eigenvalue weighted by Gasteiger charge is 2.18. The van der Waals surface area contributed by atoms with Crippen LogP contribution in [-0.2, 0) is 19.2 Å². The predicted molar refractivity (Wildman–Crippen MR) is 65.9 cm³/mol. The van der Waals surface area contributed by atoms with Crippen LogP contribution < -0.4 is 10.6 Å². The molecule has 10 heteroatoms. The van der Waals surface area contributed by atoms with E-state index >= 15 is 0 Å². The topological polar surface area (TPSA) is 170 Å². The van der Waals surface area contributed by atoms with Crippen molar-refractivity contribution in [2.24, 2.45) is 0 Å². The van der Waals surface area contributed by atoms with Crippen molar-refractivity contribution in [1.82, 2.24) is 0 Å². The molecule has 0 fully saturated rings. The fraction of sp³-hybridized carbons (Fsp3) is 0. The molecule has 0 saturated carbocycles. The van der Waals surface area contributed by atoms with Crippen molar-refractivity contribution >= 4 is 41.1 Å². The van der Waals surface area contributed by atoms with Crippen molar-refractivity contribution in [3.05, 3.63) is 23.8 Å². The molecule has 0 radical (unpaired) electrons. The largest absolute Gasteiger partial charge is 0.478 e. The van der Waals surface area contributed by atoms with Crippen molar-refractivity contribution in [2.45, 2.75) is 0 Å². The number of hydrogen-bond donors (Lipinski definition) is 5. The van der Waals surface area contributed by atoms with E-state index < -0.39 is 29.7 Å². The Balaban J connectivity index is 3.19. The summed E-state index contributed by atoms with van der Waals surface area (Å²) in [4.78, 5) is 53.8. The van der Waals surface area contributed by atoms with Crippen LogP contribution in [0.1, 0.15) is 10.4 Å². The zero-order valence-electron chi connectivity index (χ0n) is 10.1. The van der Waals surface area contributed by atoms with E-state index in [1.165, 1.54) is 0 Å². The molecule has 0 aromatic heterocycles. The van der Waals surface area contributed by atoms with Gasteiger partial charge in [0, 0.05) is 0 Å². The maximum Gasteiger partial charge on any atom is 0.394 e. The molecule has 1 rings (SSSR count). The quantitative estimate of drug-likeness (QED) is 0.461. The molecule has 21 heavy (non-hydrogen) atoms. The van der Waals surface area contributed by atoms with Crippen LogP contribution in [-0.4, -0.2) is 45.0 Å². The van der Waals surface area contributed by atoms with Crippen molar-refractivity contribution in [3.63, 3.8) is 0 Å². The molecule has 0 atom stereocenters. The van der Waals surface area contributed by atoms with E-state index in [4.69, 9.17) is 15.3 Å². The Labute approximate surface area is 116 Å². The fourth-order valence-electron chi connectivity index (χ4n) is 1.24. The average Bonchev–Trinajstić information content (AvgIpc) is 2.39. The van der Waals surface area contributed by atoms with Gasteiger partial charge in [-0.2, -0.15) is 0 Å². The zero-order chi connectivity index (χ0) is 16.2. The molecular formula is C11H8N2O8. The van der Waals surface area contributed by atoms with Crippen LogP contribution in [0.5, 0.6) is 0 Å². The Kier molecular flexibility index (Phi) is 4.57. The van der Waals surface area contributed by atoms with Crippen molar-refractivity contribution in [3.8, 4) is 0 Å². The van der Waals surface area contributed by atoms with Gasteiger partial charge in [-0.15, -0.1) is 0 Å². The van der Waals surface area contributed by atoms with Crippen LogP contribution in [0.4, 0.5) is 11.4 Å². The summed E-state index contributed by atoms with van der Waals surface area (Å²) >= 11 is 0. The molecule has 0 heterocycles. The first kappa shape index (κ1) is 15.6. The van der Waals surface area contributed by atoms with Crippen LogP contribution in [0, 0.1) is 0 Å². The third-order valence-corrected chi connectivity index (χ3v) is 2.15. The summed E-state index contributed by atoms with van der Waals surface area (Å²) in [5.41, 5.74) is -0.928. The van der Waals surface area contributed by atoms with Gasteiger partial charge in [0.05, 0.1) is 16.9 Å². The van der Waals surface area contributed by atoms with Gasteiger partial charge in [0.1, 0.15) is 0 Å². The van der Waals surface area contributed by atoms with Gasteiger partial charge < -0.3 is 26.0 Å². The minimum absolute atomic E-state index is 0.262. The number of rotatable bonds is 3. The molecule has 0 saturated heterocycles. The highest BCUT2D eigenvalue weighted by molar-refractivity contribution is 6.38. The minimum Gasteiger partial charge on any atom is -0.478 e. The van der Waals surface area contributed by atoms with Gasteiger partial charge in [-0.3, -0.25) is 9.59 Å². The second-order valence-corrected chi connectivity index (χ2v) is 3.58. The van der Waals surface area contributed by atoms with E-state index in [9.17, 15) is 24.0 Å². The normalized spacial score (nSPS) is 9.52. The van der Waals surface area contributed by atoms with Gasteiger partial charge in [-0.05, 0) is 18.2 Å². The van der Waals surface area contributed by atoms with E-state index in [2.05, 4.69) is 0 Å². The summed E-state index contributed by atoms with van der Waals surface area (Å²) in [6.07, 6.45) is 0. The Bertz CT molecular complexity index is 652. The van der Waals surface area contributed by atoms with Crippen LogP contribution in [0.2, 0.25) is 0 Å². The summed E-state index contributed by atoms with van der Waals surface area (Å²) < 4.78 is 0. The summed E-state index contributed by atoms with van der Waals surface area (Å²) in [7, 11) is 0. The second kappa shape index (κ2) is 6.14. The van der Waals surface area contributed by atoms with E-state index in [1.807, 2.05) is 10.6 Å². The van der Waals surface area contributed by atoms with Crippen LogP contribution in [0.15, 0.2) is 18.2 Å². The van der Waals surface area contributed by atoms with Crippen LogP contribution in [0.3, 0.4) is 0 Å². The number of nitrogens with one attached hydrogen (secondary N) is 2. The van der Waals surface area contributed by atoms with Crippen molar-refractivity contribution in [2.75, 3.05) is 10.6 Å². The van der Waals surface area contributed by atoms with Crippen LogP contribution in [0.25, 0.3) is 0 Å². The lowest BCUT2D eigenvalue weighted by molar-refractivity contribution is -0.147. The Hall–Kier alpha value is -3.43. The average molecular weight is 296 g/mol. The van der Waals surface area contributed by atoms with E-state index in [0.29, 0.717) is 0 Å². The zero-order valence-corrected chi connectivity index (χ0v) is 10.1. The Morgan fingerprint density at radius 1 is 0.762 bits per heavy atom. The number of carboxylic acid groups (broad SMARTS) is 3. The van der Waals surface area contributed by atoms with Gasteiger partial charge in [0.25, 0.3) is 0 Å². The van der Waals surface area contributed by atoms with Crippen molar-refractivity contribution < 1.29 is 39.3 Å². The van der Waals surface area contributed by atoms with Gasteiger partial charge >= 0.3 is 29.7 Å². The maximum absolute atomic E-state index is 11.1. The number of aromatic carboxylic acids is 1. The smallest absolute Gasteiger partial charge is 0.394 e. The molecule has 2 amide bonds. The van der Waals surface area contributed by atoms with Crippen molar-refractivity contribution in [1.29, 1.82) is 0 Å². The number of carboxylic acids is 3. The molecule has 10 nitrogen and oxygen atoms in total. The number of carbonyl (C=O) groups is 5. The number of benzene rings is 1. The van der Waals surface area contributed by atoms with Gasteiger partial charge in [-0.1, -0.05) is 0 Å². The standard InChI is InChI=1S/C11H8N2O8/c14-7(10(18)19)12-5-2-1-4(9(16)17)3-6(5)13-8(15)11(20)21/h1-3H,(H,12,14)(H,13,15)(H,16,17)(H,18,19)(H,20,21). The van der Waals surface area contributed by atoms with Gasteiger partial charge in [0.2, 0.25) is 0 Å². The first-order valence-corrected chi connectivity index (χ1v) is 5.18. The number of hydrogen-bond acceptors (Lipinski definition) is 5. The lowest BCUT2D eigenvalue weighted by atomic mass is 10.1. The van der Waals surface area contributed by atoms with E-state index in [0.717, 1.165) is 18.2 Å². The summed E-state index contributed by atoms with van der Waals surface area (Å²) in [6.45, 7) is 0. The first-order valence-electron chi connectivity index (χ1n) is 5.18. The summed E-state index contributed by atoms with van der Waals surface area (Å²) in [6, 6.07) is 2.93. The van der Waals surface area contributed by atoms with Gasteiger partial charge in [-0.25, -0.2) is 14.4 Å². The fourth-order valence-corrected chi connectivity index (χ4v) is 1.24. The lowest BCUT2D eigenvalue weighted by Crippen LogP contribution is -2.25. The number of anilines is 2. The second-order valence-electron chi connectivity index (χ2n) is 3.58. The summed E-state index contributed by atoms with van der Waals surface area (Å²) in [5.74, 6) is -7.94. The number of aliphatic carboxylic acids is 2. The SMILES string of the molecule is O=C(O)C(=O)Nc1ccc(C(=O)O)cc1NC(=O)C(=O)O. The monoisotopic (exact) mass is 296 g/mol. The van der Waals surface area contributed by atoms with Crippen LogP contribution >= 0.6 is 0 Å². The highest BCUT2D eigenvalue weighted by atomic mass is 16.4. The highest BCUT2D eigenvalue weighted by Crippen LogP contribution is 2.23. The minimum atomic E-state index is -1.84. The molecular weight excluding hydrogens is 288 g/mol. The number of carbonyl (C=O) groups excluding carboxylic acids is 2. The molecule has 0 bridgehead atoms. The molecule has 110 valence electrons. The molecule has 1 aromatic rings. The predicted octanol–water partition coefficient (Wildman–Crippen LogP) is -0.569. The number of amides is 2. The molecule has 0 aliphatic heterocycles. The third-order valence-electron chi connectivity index (χ3n) is 2.15. The summed E-state index contributed by atoms with van der Waals surface area (Å²) in [5, 5.41) is 29.5. The van der Waals surface area contributed by atoms with E-state index in [1.54, 1.807) is 0 Å². The molecule has 0 aliphatic rings.